The summed E-state index contributed by atoms with van der Waals surface area (Å²) in [5.74, 6) is 2.93. The van der Waals surface area contributed by atoms with Crippen molar-refractivity contribution in [3.05, 3.63) is 41.7 Å². The van der Waals surface area contributed by atoms with Crippen molar-refractivity contribution in [2.75, 3.05) is 56.2 Å². The Labute approximate surface area is 165 Å². The number of carbonyl (C=O) groups excluding carboxylic acids is 1. The highest BCUT2D eigenvalue weighted by Crippen LogP contribution is 2.17. The maximum atomic E-state index is 11.9. The van der Waals surface area contributed by atoms with Crippen LogP contribution in [0.1, 0.15) is 11.4 Å². The number of rotatable bonds is 8. The van der Waals surface area contributed by atoms with Crippen molar-refractivity contribution < 1.29 is 14.3 Å². The Kier molecular flexibility index (Phi) is 7.02. The standard InChI is InChI=1S/C20H27N5O3/c1-15-5-3-4-6-17(15)28-14-20(26)22-8-7-21-18-13-19(24-16(2)23-18)25-9-11-27-12-10-25/h3-6,13H,7-12,14H2,1-2H3,(H,22,26)(H,21,23,24). The quantitative estimate of drug-likeness (QED) is 0.666. The first-order valence-electron chi connectivity index (χ1n) is 9.49. The molecule has 0 unspecified atom stereocenters. The van der Waals surface area contributed by atoms with E-state index in [0.29, 0.717) is 32.1 Å². The van der Waals surface area contributed by atoms with Gasteiger partial charge in [-0.1, -0.05) is 18.2 Å². The molecule has 0 aliphatic carbocycles. The minimum absolute atomic E-state index is 0.00134. The molecular weight excluding hydrogens is 358 g/mol. The summed E-state index contributed by atoms with van der Waals surface area (Å²) in [7, 11) is 0. The van der Waals surface area contributed by atoms with Crippen LogP contribution in [0.15, 0.2) is 30.3 Å². The van der Waals surface area contributed by atoms with Gasteiger partial charge in [0.15, 0.2) is 6.61 Å². The number of ether oxygens (including phenoxy) is 2. The summed E-state index contributed by atoms with van der Waals surface area (Å²) in [6.45, 7) is 7.94. The molecule has 0 spiro atoms. The Morgan fingerprint density at radius 1 is 1.18 bits per heavy atom. The molecule has 1 aromatic heterocycles. The number of aryl methyl sites for hydroxylation is 2. The number of benzene rings is 1. The summed E-state index contributed by atoms with van der Waals surface area (Å²) in [4.78, 5) is 23.1. The summed E-state index contributed by atoms with van der Waals surface area (Å²) >= 11 is 0. The van der Waals surface area contributed by atoms with Gasteiger partial charge in [-0.05, 0) is 25.5 Å². The van der Waals surface area contributed by atoms with E-state index in [-0.39, 0.29) is 12.5 Å². The molecular formula is C20H27N5O3. The molecule has 8 heteroatoms. The lowest BCUT2D eigenvalue weighted by molar-refractivity contribution is -0.123. The van der Waals surface area contributed by atoms with Gasteiger partial charge in [-0.3, -0.25) is 4.79 Å². The molecule has 150 valence electrons. The molecule has 1 amide bonds. The van der Waals surface area contributed by atoms with E-state index in [1.807, 2.05) is 44.2 Å². The zero-order valence-electron chi connectivity index (χ0n) is 16.4. The van der Waals surface area contributed by atoms with Gasteiger partial charge in [0.2, 0.25) is 0 Å². The first kappa shape index (κ1) is 19.9. The van der Waals surface area contributed by atoms with Crippen molar-refractivity contribution in [2.45, 2.75) is 13.8 Å². The molecule has 3 rings (SSSR count). The molecule has 0 radical (unpaired) electrons. The fraction of sp³-hybridized carbons (Fsp3) is 0.450. The van der Waals surface area contributed by atoms with Crippen LogP contribution in [0.5, 0.6) is 5.75 Å². The average molecular weight is 385 g/mol. The Bertz CT molecular complexity index is 793. The van der Waals surface area contributed by atoms with E-state index >= 15 is 0 Å². The zero-order valence-corrected chi connectivity index (χ0v) is 16.4. The predicted octanol–water partition coefficient (Wildman–Crippen LogP) is 1.54. The van der Waals surface area contributed by atoms with Crippen molar-refractivity contribution >= 4 is 17.5 Å². The second kappa shape index (κ2) is 9.89. The molecule has 1 saturated heterocycles. The van der Waals surface area contributed by atoms with Gasteiger partial charge in [-0.15, -0.1) is 0 Å². The summed E-state index contributed by atoms with van der Waals surface area (Å²) in [5.41, 5.74) is 1.01. The number of hydrogen-bond acceptors (Lipinski definition) is 7. The van der Waals surface area contributed by atoms with Crippen LogP contribution in [-0.4, -0.2) is 61.9 Å². The fourth-order valence-corrected chi connectivity index (χ4v) is 2.90. The zero-order chi connectivity index (χ0) is 19.8. The summed E-state index contributed by atoms with van der Waals surface area (Å²) in [6, 6.07) is 9.56. The number of anilines is 2. The Morgan fingerprint density at radius 3 is 2.75 bits per heavy atom. The van der Waals surface area contributed by atoms with Crippen LogP contribution in [0.25, 0.3) is 0 Å². The summed E-state index contributed by atoms with van der Waals surface area (Å²) < 4.78 is 10.9. The lowest BCUT2D eigenvalue weighted by Crippen LogP contribution is -2.37. The number of nitrogens with one attached hydrogen (secondary N) is 2. The lowest BCUT2D eigenvalue weighted by Gasteiger charge is -2.28. The van der Waals surface area contributed by atoms with Gasteiger partial charge in [0.05, 0.1) is 13.2 Å². The molecule has 1 aliphatic rings. The fourth-order valence-electron chi connectivity index (χ4n) is 2.90. The monoisotopic (exact) mass is 385 g/mol. The van der Waals surface area contributed by atoms with Gasteiger partial charge in [0.25, 0.3) is 5.91 Å². The van der Waals surface area contributed by atoms with Gasteiger partial charge in [-0.25, -0.2) is 9.97 Å². The third kappa shape index (κ3) is 5.82. The van der Waals surface area contributed by atoms with Gasteiger partial charge < -0.3 is 25.0 Å². The van der Waals surface area contributed by atoms with Crippen LogP contribution in [-0.2, 0) is 9.53 Å². The number of morpholine rings is 1. The Morgan fingerprint density at radius 2 is 1.96 bits per heavy atom. The summed E-state index contributed by atoms with van der Waals surface area (Å²) in [6.07, 6.45) is 0. The number of amides is 1. The first-order chi connectivity index (χ1) is 13.6. The van der Waals surface area contributed by atoms with Gasteiger partial charge in [0, 0.05) is 32.2 Å². The van der Waals surface area contributed by atoms with E-state index < -0.39 is 0 Å². The SMILES string of the molecule is Cc1nc(NCCNC(=O)COc2ccccc2C)cc(N2CCOCC2)n1. The van der Waals surface area contributed by atoms with Gasteiger partial charge in [-0.2, -0.15) is 0 Å². The topological polar surface area (TPSA) is 88.6 Å². The van der Waals surface area contributed by atoms with Crippen molar-refractivity contribution in [2.24, 2.45) is 0 Å². The first-order valence-corrected chi connectivity index (χ1v) is 9.49. The van der Waals surface area contributed by atoms with Crippen LogP contribution in [0.4, 0.5) is 11.6 Å². The molecule has 2 N–H and O–H groups in total. The van der Waals surface area contributed by atoms with Crippen molar-refractivity contribution in [1.29, 1.82) is 0 Å². The van der Waals surface area contributed by atoms with Crippen LogP contribution >= 0.6 is 0 Å². The minimum Gasteiger partial charge on any atom is -0.484 e. The van der Waals surface area contributed by atoms with Crippen LogP contribution in [0.2, 0.25) is 0 Å². The third-order valence-electron chi connectivity index (χ3n) is 4.37. The van der Waals surface area contributed by atoms with E-state index in [9.17, 15) is 4.79 Å². The molecule has 28 heavy (non-hydrogen) atoms. The van der Waals surface area contributed by atoms with E-state index in [0.717, 1.165) is 36.0 Å². The van der Waals surface area contributed by atoms with Crippen LogP contribution in [0, 0.1) is 13.8 Å². The molecule has 0 atom stereocenters. The third-order valence-corrected chi connectivity index (χ3v) is 4.37. The van der Waals surface area contributed by atoms with Crippen LogP contribution in [0.3, 0.4) is 0 Å². The number of hydrogen-bond donors (Lipinski definition) is 2. The molecule has 8 nitrogen and oxygen atoms in total. The normalized spacial score (nSPS) is 13.9. The smallest absolute Gasteiger partial charge is 0.258 e. The highest BCUT2D eigenvalue weighted by molar-refractivity contribution is 5.77. The van der Waals surface area contributed by atoms with E-state index in [4.69, 9.17) is 9.47 Å². The Hall–Kier alpha value is -2.87. The van der Waals surface area contributed by atoms with Crippen molar-refractivity contribution in [3.63, 3.8) is 0 Å². The van der Waals surface area contributed by atoms with Crippen molar-refractivity contribution in [1.82, 2.24) is 15.3 Å². The largest absolute Gasteiger partial charge is 0.484 e. The van der Waals surface area contributed by atoms with E-state index in [2.05, 4.69) is 25.5 Å². The number of para-hydroxylation sites is 1. The van der Waals surface area contributed by atoms with Gasteiger partial charge in [0.1, 0.15) is 23.2 Å². The number of aromatic nitrogens is 2. The van der Waals surface area contributed by atoms with Crippen molar-refractivity contribution in [3.8, 4) is 5.75 Å². The molecule has 0 saturated carbocycles. The van der Waals surface area contributed by atoms with E-state index in [1.54, 1.807) is 0 Å². The summed E-state index contributed by atoms with van der Waals surface area (Å²) in [5, 5.41) is 6.08. The highest BCUT2D eigenvalue weighted by Gasteiger charge is 2.14. The van der Waals surface area contributed by atoms with Gasteiger partial charge >= 0.3 is 0 Å². The van der Waals surface area contributed by atoms with E-state index in [1.165, 1.54) is 0 Å². The maximum absolute atomic E-state index is 11.9. The molecule has 2 heterocycles. The second-order valence-corrected chi connectivity index (χ2v) is 6.59. The average Bonchev–Trinajstić information content (AvgIpc) is 2.71. The molecule has 1 aromatic carbocycles. The maximum Gasteiger partial charge on any atom is 0.258 e. The molecule has 2 aromatic rings. The van der Waals surface area contributed by atoms with Crippen LogP contribution < -0.4 is 20.3 Å². The lowest BCUT2D eigenvalue weighted by atomic mass is 10.2. The number of nitrogens with zero attached hydrogens (tertiary/aromatic N) is 3. The predicted molar refractivity (Wildman–Crippen MR) is 108 cm³/mol. The highest BCUT2D eigenvalue weighted by atomic mass is 16.5. The minimum atomic E-state index is -0.155. The molecule has 0 bridgehead atoms. The number of carbonyl (C=O) groups is 1. The molecule has 1 fully saturated rings. The Balaban J connectivity index is 1.41. The molecule has 1 aliphatic heterocycles. The second-order valence-electron chi connectivity index (χ2n) is 6.59.